The summed E-state index contributed by atoms with van der Waals surface area (Å²) >= 11 is 0. The summed E-state index contributed by atoms with van der Waals surface area (Å²) in [5.74, 6) is 1.45. The van der Waals surface area contributed by atoms with Gasteiger partial charge < -0.3 is 24.8 Å². The summed E-state index contributed by atoms with van der Waals surface area (Å²) in [6.45, 7) is 18.9. The van der Waals surface area contributed by atoms with Crippen molar-refractivity contribution in [3.05, 3.63) is 12.2 Å². The van der Waals surface area contributed by atoms with E-state index in [1.165, 1.54) is 0 Å². The molecule has 158 valence electrons. The molecule has 0 spiro atoms. The number of piperazine rings is 1. The molecular formula is C21H37N6OY+2. The SMILES string of the molecule is CCCCN(c1n[c-]nc(C)n1)C(C)(C)CN1CC(C)(C)N(C)C(C)(C)C1=O.[Y+3]. The van der Waals surface area contributed by atoms with Crippen molar-refractivity contribution in [1.82, 2.24) is 24.8 Å². The van der Waals surface area contributed by atoms with Crippen molar-refractivity contribution < 1.29 is 37.5 Å². The van der Waals surface area contributed by atoms with E-state index in [2.05, 4.69) is 65.7 Å². The van der Waals surface area contributed by atoms with Crippen molar-refractivity contribution in [3.63, 3.8) is 0 Å². The van der Waals surface area contributed by atoms with Gasteiger partial charge in [0, 0.05) is 42.9 Å². The van der Waals surface area contributed by atoms with Crippen LogP contribution in [-0.2, 0) is 37.5 Å². The van der Waals surface area contributed by atoms with Crippen LogP contribution in [0.1, 0.15) is 67.1 Å². The van der Waals surface area contributed by atoms with Gasteiger partial charge in [0.15, 0.2) is 0 Å². The van der Waals surface area contributed by atoms with Gasteiger partial charge in [-0.05, 0) is 55.0 Å². The van der Waals surface area contributed by atoms with Gasteiger partial charge in [-0.3, -0.25) is 9.69 Å². The van der Waals surface area contributed by atoms with Gasteiger partial charge >= 0.3 is 32.7 Å². The third kappa shape index (κ3) is 5.73. The van der Waals surface area contributed by atoms with Gasteiger partial charge in [0.1, 0.15) is 5.95 Å². The maximum absolute atomic E-state index is 13.3. The number of unbranched alkanes of at least 4 members (excludes halogenated alkanes) is 1. The zero-order chi connectivity index (χ0) is 21.3. The summed E-state index contributed by atoms with van der Waals surface area (Å²) in [7, 11) is 2.04. The number of carbonyl (C=O) groups is 1. The van der Waals surface area contributed by atoms with Gasteiger partial charge in [-0.25, -0.2) is 0 Å². The summed E-state index contributed by atoms with van der Waals surface area (Å²) < 4.78 is 0. The second-order valence-electron chi connectivity index (χ2n) is 9.69. The first-order valence-corrected chi connectivity index (χ1v) is 10.2. The zero-order valence-electron chi connectivity index (χ0n) is 19.7. The Morgan fingerprint density at radius 3 is 2.38 bits per heavy atom. The Balaban J connectivity index is 0.00000420. The molecule has 1 aliphatic heterocycles. The Morgan fingerprint density at radius 1 is 1.21 bits per heavy atom. The minimum Gasteiger partial charge on any atom is -0.387 e. The van der Waals surface area contributed by atoms with E-state index in [0.717, 1.165) is 19.4 Å². The molecule has 2 rings (SSSR count). The summed E-state index contributed by atoms with van der Waals surface area (Å²) in [5, 5.41) is 0. The summed E-state index contributed by atoms with van der Waals surface area (Å²) in [4.78, 5) is 32.5. The van der Waals surface area contributed by atoms with E-state index in [1.54, 1.807) is 0 Å². The van der Waals surface area contributed by atoms with Crippen molar-refractivity contribution in [2.75, 3.05) is 31.6 Å². The molecule has 0 atom stereocenters. The first kappa shape index (κ1) is 26.4. The Hall–Kier alpha value is -0.656. The average molecular weight is 478 g/mol. The minimum atomic E-state index is -0.538. The number of anilines is 1. The standard InChI is InChI=1S/C21H37N6O.Y/c1-10-11-12-27(18-23-15-22-16(2)24-18)20(5,6)14-26-13-19(3,4)25(9)21(7,8)17(26)28;/h10-14H2,1-9H3;/q-1;+3. The number of carbonyl (C=O) groups excluding carboxylic acids is 1. The molecule has 1 saturated heterocycles. The molecule has 8 heteroatoms. The van der Waals surface area contributed by atoms with Gasteiger partial charge in [-0.1, -0.05) is 20.3 Å². The van der Waals surface area contributed by atoms with Crippen molar-refractivity contribution in [2.24, 2.45) is 0 Å². The smallest absolute Gasteiger partial charge is 0.387 e. The van der Waals surface area contributed by atoms with E-state index < -0.39 is 5.54 Å². The molecule has 7 nitrogen and oxygen atoms in total. The van der Waals surface area contributed by atoms with Crippen LogP contribution in [0.5, 0.6) is 0 Å². The number of rotatable bonds is 7. The molecule has 1 amide bonds. The molecule has 0 unspecified atom stereocenters. The van der Waals surface area contributed by atoms with Gasteiger partial charge in [-0.15, -0.1) is 0 Å². The molecule has 0 radical (unpaired) electrons. The van der Waals surface area contributed by atoms with E-state index >= 15 is 0 Å². The summed E-state index contributed by atoms with van der Waals surface area (Å²) in [6, 6.07) is 0. The van der Waals surface area contributed by atoms with Crippen LogP contribution < -0.4 is 4.90 Å². The summed E-state index contributed by atoms with van der Waals surface area (Å²) in [5.41, 5.74) is -0.961. The third-order valence-corrected chi connectivity index (χ3v) is 6.04. The van der Waals surface area contributed by atoms with Crippen LogP contribution in [-0.4, -0.2) is 74.0 Å². The molecule has 0 bridgehead atoms. The fourth-order valence-corrected chi connectivity index (χ4v) is 4.06. The first-order valence-electron chi connectivity index (χ1n) is 10.2. The van der Waals surface area contributed by atoms with Crippen molar-refractivity contribution >= 4 is 11.9 Å². The fraction of sp³-hybridized carbons (Fsp3) is 0.810. The van der Waals surface area contributed by atoms with E-state index in [4.69, 9.17) is 0 Å². The quantitative estimate of drug-likeness (QED) is 0.562. The van der Waals surface area contributed by atoms with Crippen LogP contribution in [0.25, 0.3) is 0 Å². The van der Waals surface area contributed by atoms with Crippen LogP contribution in [0.3, 0.4) is 0 Å². The molecule has 1 aromatic rings. The van der Waals surface area contributed by atoms with Crippen molar-refractivity contribution in [3.8, 4) is 0 Å². The number of nitrogens with zero attached hydrogens (tertiary/aromatic N) is 6. The zero-order valence-corrected chi connectivity index (χ0v) is 22.5. The predicted molar refractivity (Wildman–Crippen MR) is 112 cm³/mol. The van der Waals surface area contributed by atoms with E-state index in [-0.39, 0.29) is 49.7 Å². The molecule has 0 aromatic carbocycles. The molecule has 1 aromatic heterocycles. The van der Waals surface area contributed by atoms with Gasteiger partial charge in [0.25, 0.3) is 0 Å². The van der Waals surface area contributed by atoms with Gasteiger partial charge in [0.05, 0.1) is 5.54 Å². The minimum absolute atomic E-state index is 0. The Labute approximate surface area is 201 Å². The van der Waals surface area contributed by atoms with Gasteiger partial charge in [-0.2, -0.15) is 0 Å². The number of hydrogen-bond acceptors (Lipinski definition) is 6. The van der Waals surface area contributed by atoms with E-state index in [0.29, 0.717) is 24.9 Å². The first-order chi connectivity index (χ1) is 12.8. The molecule has 2 heterocycles. The molecular weight excluding hydrogens is 441 g/mol. The average Bonchev–Trinajstić information content (AvgIpc) is 2.58. The monoisotopic (exact) mass is 478 g/mol. The molecule has 0 N–H and O–H groups in total. The molecule has 0 aliphatic carbocycles. The van der Waals surface area contributed by atoms with Gasteiger partial charge in [0.2, 0.25) is 5.91 Å². The fourth-order valence-electron chi connectivity index (χ4n) is 4.06. The molecule has 29 heavy (non-hydrogen) atoms. The Kier molecular flexibility index (Phi) is 8.78. The normalized spacial score (nSPS) is 19.1. The van der Waals surface area contributed by atoms with Crippen molar-refractivity contribution in [1.29, 1.82) is 0 Å². The van der Waals surface area contributed by atoms with Crippen LogP contribution in [0.4, 0.5) is 5.95 Å². The number of aryl methyl sites for hydroxylation is 1. The third-order valence-electron chi connectivity index (χ3n) is 6.04. The van der Waals surface area contributed by atoms with E-state index in [9.17, 15) is 4.79 Å². The largest absolute Gasteiger partial charge is 3.00 e. The number of amides is 1. The van der Waals surface area contributed by atoms with Crippen LogP contribution in [0.2, 0.25) is 0 Å². The second-order valence-corrected chi connectivity index (χ2v) is 9.69. The molecule has 1 fully saturated rings. The molecule has 0 saturated carbocycles. The Bertz CT molecular complexity index is 706. The topological polar surface area (TPSA) is 65.5 Å². The Morgan fingerprint density at radius 2 is 1.83 bits per heavy atom. The van der Waals surface area contributed by atoms with Crippen LogP contribution in [0, 0.1) is 13.3 Å². The summed E-state index contributed by atoms with van der Waals surface area (Å²) in [6.07, 6.45) is 4.82. The maximum atomic E-state index is 13.3. The maximum Gasteiger partial charge on any atom is 3.00 e. The van der Waals surface area contributed by atoms with Crippen molar-refractivity contribution in [2.45, 2.75) is 84.8 Å². The number of hydrogen-bond donors (Lipinski definition) is 0. The predicted octanol–water partition coefficient (Wildman–Crippen LogP) is 2.69. The molecule has 1 aliphatic rings. The second kappa shape index (κ2) is 9.65. The van der Waals surface area contributed by atoms with E-state index in [1.807, 2.05) is 32.7 Å². The van der Waals surface area contributed by atoms with Crippen LogP contribution >= 0.6 is 0 Å². The van der Waals surface area contributed by atoms with Crippen LogP contribution in [0.15, 0.2) is 0 Å². The number of aromatic nitrogens is 3. The number of likely N-dealkylation sites (N-methyl/N-ethyl adjacent to an activating group) is 1.